The molecule has 0 aromatic carbocycles. The molecule has 0 bridgehead atoms. The van der Waals surface area contributed by atoms with Gasteiger partial charge in [-0.2, -0.15) is 0 Å². The van der Waals surface area contributed by atoms with Crippen molar-refractivity contribution in [3.8, 4) is 0 Å². The van der Waals surface area contributed by atoms with Gasteiger partial charge in [-0.05, 0) is 0 Å². The molecule has 0 aliphatic carbocycles. The monoisotopic (exact) mass is 74.0 g/mol. The van der Waals surface area contributed by atoms with Gasteiger partial charge < -0.3 is 4.44 Å². The van der Waals surface area contributed by atoms with Crippen molar-refractivity contribution < 1.29 is 9.01 Å². The van der Waals surface area contributed by atoms with Gasteiger partial charge in [-0.3, -0.25) is 0 Å². The molecule has 2 radical (unpaired) electrons. The third-order valence-electron chi connectivity index (χ3n) is 0.0430. The maximum Gasteiger partial charge on any atom is 0.309 e. The fraction of sp³-hybridized carbons (Fsp3) is 0. The Hall–Kier alpha value is 0.125. The summed E-state index contributed by atoms with van der Waals surface area (Å²) in [6, 6.07) is 0. The highest BCUT2D eigenvalue weighted by Crippen LogP contribution is 1.82. The number of rotatable bonds is 1. The quantitative estimate of drug-likeness (QED) is 0.330. The molecule has 0 aliphatic heterocycles. The molecule has 0 unspecified atom stereocenters. The minimum Gasteiger partial charge on any atom is -0.370 e. The maximum absolute atomic E-state index is 8.92. The molecular formula is BO2P. The van der Waals surface area contributed by atoms with Crippen molar-refractivity contribution in [2.75, 3.05) is 0 Å². The largest absolute Gasteiger partial charge is 0.370 e. The van der Waals surface area contributed by atoms with Crippen molar-refractivity contribution >= 4 is 16.7 Å². The average Bonchev–Trinajstić information content (AvgIpc) is 1.37. The Morgan fingerprint density at radius 2 is 2.25 bits per heavy atom. The van der Waals surface area contributed by atoms with Crippen LogP contribution in [-0.2, 0) is 9.01 Å². The summed E-state index contributed by atoms with van der Waals surface area (Å²) < 4.78 is 12.4. The van der Waals surface area contributed by atoms with Gasteiger partial charge in [0.05, 0.1) is 0 Å². The van der Waals surface area contributed by atoms with Crippen LogP contribution in [0.2, 0.25) is 0 Å². The summed E-state index contributed by atoms with van der Waals surface area (Å²) in [4.78, 5) is 0. The van der Waals surface area contributed by atoms with Crippen LogP contribution in [0.5, 0.6) is 0 Å². The predicted molar refractivity (Wildman–Crippen MR) is 14.4 cm³/mol. The summed E-state index contributed by atoms with van der Waals surface area (Å²) >= 11 is 0. The molecule has 2 nitrogen and oxygen atoms in total. The SMILES string of the molecule is [B]OP=O. The Kier molecular flexibility index (Phi) is 3.22. The summed E-state index contributed by atoms with van der Waals surface area (Å²) in [6.45, 7) is 0. The first kappa shape index (κ1) is 4.12. The molecule has 0 aromatic heterocycles. The summed E-state index contributed by atoms with van der Waals surface area (Å²) in [7, 11) is 3.73. The summed E-state index contributed by atoms with van der Waals surface area (Å²) in [5.74, 6) is 0. The summed E-state index contributed by atoms with van der Waals surface area (Å²) in [5.41, 5.74) is 0. The highest BCUT2D eigenvalue weighted by molar-refractivity contribution is 7.18. The van der Waals surface area contributed by atoms with E-state index in [2.05, 4.69) is 12.5 Å². The predicted octanol–water partition coefficient (Wildman–Crippen LogP) is 0.293. The van der Waals surface area contributed by atoms with Crippen molar-refractivity contribution in [3.05, 3.63) is 0 Å². The fourth-order valence-corrected chi connectivity index (χ4v) is 0. The van der Waals surface area contributed by atoms with Gasteiger partial charge in [-0.1, -0.05) is 0 Å². The summed E-state index contributed by atoms with van der Waals surface area (Å²) in [5, 5.41) is 0. The van der Waals surface area contributed by atoms with Crippen molar-refractivity contribution in [2.45, 2.75) is 0 Å². The molecule has 0 rings (SSSR count). The molecule has 0 amide bonds. The highest BCUT2D eigenvalue weighted by Gasteiger charge is 1.52. The molecule has 4 heavy (non-hydrogen) atoms. The molecule has 0 aliphatic rings. The van der Waals surface area contributed by atoms with Gasteiger partial charge in [-0.25, -0.2) is 4.57 Å². The van der Waals surface area contributed by atoms with Crippen LogP contribution in [0.15, 0.2) is 0 Å². The van der Waals surface area contributed by atoms with Gasteiger partial charge in [0.15, 0.2) is 0 Å². The van der Waals surface area contributed by atoms with Crippen LogP contribution in [0.4, 0.5) is 0 Å². The smallest absolute Gasteiger partial charge is 0.309 e. The number of hydrogen-bond acceptors (Lipinski definition) is 2. The van der Waals surface area contributed by atoms with Crippen molar-refractivity contribution in [1.82, 2.24) is 0 Å². The van der Waals surface area contributed by atoms with E-state index in [9.17, 15) is 0 Å². The van der Waals surface area contributed by atoms with Crippen LogP contribution < -0.4 is 0 Å². The molecule has 0 saturated carbocycles. The van der Waals surface area contributed by atoms with E-state index in [0.29, 0.717) is 0 Å². The molecule has 0 spiro atoms. The maximum atomic E-state index is 8.92. The normalized spacial score (nSPS) is 8.00. The van der Waals surface area contributed by atoms with Gasteiger partial charge in [0, 0.05) is 0 Å². The van der Waals surface area contributed by atoms with Crippen molar-refractivity contribution in [3.63, 3.8) is 0 Å². The Morgan fingerprint density at radius 3 is 2.25 bits per heavy atom. The molecule has 0 fully saturated rings. The molecule has 0 aromatic rings. The molecule has 0 heterocycles. The first-order valence-electron chi connectivity index (χ1n) is 0.601. The second-order valence-electron chi connectivity index (χ2n) is 0.180. The lowest BCUT2D eigenvalue weighted by atomic mass is 10.6. The molecule has 0 atom stereocenters. The minimum absolute atomic E-state index is 0.474. The Balaban J connectivity index is 2.30. The van der Waals surface area contributed by atoms with E-state index < -0.39 is 8.69 Å². The third-order valence-corrected chi connectivity index (χ3v) is 0.129. The van der Waals surface area contributed by atoms with Crippen molar-refractivity contribution in [1.29, 1.82) is 0 Å². The number of hydrogen-bond donors (Lipinski definition) is 0. The van der Waals surface area contributed by atoms with Gasteiger partial charge in [0.25, 0.3) is 0 Å². The van der Waals surface area contributed by atoms with E-state index in [0.717, 1.165) is 0 Å². The van der Waals surface area contributed by atoms with Gasteiger partial charge >= 0.3 is 16.7 Å². The zero-order valence-electron chi connectivity index (χ0n) is 1.84. The zero-order chi connectivity index (χ0) is 3.41. The lowest BCUT2D eigenvalue weighted by Crippen LogP contribution is -1.48. The van der Waals surface area contributed by atoms with Gasteiger partial charge in [0.2, 0.25) is 0 Å². The fourth-order valence-electron chi connectivity index (χ4n) is 0. The van der Waals surface area contributed by atoms with Crippen LogP contribution >= 0.6 is 8.69 Å². The van der Waals surface area contributed by atoms with E-state index in [1.807, 2.05) is 0 Å². The molecule has 0 saturated heterocycles. The van der Waals surface area contributed by atoms with E-state index in [4.69, 9.17) is 4.57 Å². The van der Waals surface area contributed by atoms with Crippen LogP contribution in [0.25, 0.3) is 0 Å². The zero-order valence-corrected chi connectivity index (χ0v) is 2.74. The van der Waals surface area contributed by atoms with Crippen LogP contribution in [-0.4, -0.2) is 8.05 Å². The van der Waals surface area contributed by atoms with E-state index in [1.54, 1.807) is 0 Å². The lowest BCUT2D eigenvalue weighted by Gasteiger charge is -1.57. The van der Waals surface area contributed by atoms with Crippen molar-refractivity contribution in [2.24, 2.45) is 0 Å². The first-order valence-corrected chi connectivity index (χ1v) is 1.33. The first-order chi connectivity index (χ1) is 1.91. The third kappa shape index (κ3) is 2.12. The van der Waals surface area contributed by atoms with Gasteiger partial charge in [-0.15, -0.1) is 0 Å². The van der Waals surface area contributed by atoms with E-state index >= 15 is 0 Å². The van der Waals surface area contributed by atoms with Gasteiger partial charge in [0.1, 0.15) is 0 Å². The topological polar surface area (TPSA) is 26.3 Å². The lowest BCUT2D eigenvalue weighted by molar-refractivity contribution is 0.545. The Labute approximate surface area is 26.9 Å². The molecule has 0 N–H and O–H groups in total. The Bertz CT molecular complexity index is 20.0. The molecule has 4 heteroatoms. The van der Waals surface area contributed by atoms with Crippen LogP contribution in [0.1, 0.15) is 0 Å². The Morgan fingerprint density at radius 1 is 2.00 bits per heavy atom. The van der Waals surface area contributed by atoms with Crippen LogP contribution in [0, 0.1) is 0 Å². The van der Waals surface area contributed by atoms with Crippen LogP contribution in [0.3, 0.4) is 0 Å². The average molecular weight is 73.8 g/mol. The molecular weight excluding hydrogens is 73.8 g/mol. The minimum atomic E-state index is -0.474. The summed E-state index contributed by atoms with van der Waals surface area (Å²) in [6.07, 6.45) is 0. The second-order valence-corrected chi connectivity index (χ2v) is 0.540. The van der Waals surface area contributed by atoms with E-state index in [1.165, 1.54) is 0 Å². The molecule has 20 valence electrons. The second kappa shape index (κ2) is 3.12. The highest BCUT2D eigenvalue weighted by atomic mass is 31.1. The van der Waals surface area contributed by atoms with E-state index in [-0.39, 0.29) is 0 Å². The standard InChI is InChI=1S/BO2P/c1-3-4-2.